The normalized spacial score (nSPS) is 11.0. The molecule has 7 nitrogen and oxygen atoms in total. The fourth-order valence-electron chi connectivity index (χ4n) is 4.02. The van der Waals surface area contributed by atoms with Gasteiger partial charge in [-0.2, -0.15) is 0 Å². The fourth-order valence-corrected chi connectivity index (χ4v) is 4.02. The number of carbonyl (C=O) groups is 2. The van der Waals surface area contributed by atoms with Crippen molar-refractivity contribution in [3.8, 4) is 11.1 Å². The van der Waals surface area contributed by atoms with Gasteiger partial charge in [0.2, 0.25) is 5.91 Å². The van der Waals surface area contributed by atoms with Crippen LogP contribution in [0.5, 0.6) is 0 Å². The van der Waals surface area contributed by atoms with E-state index < -0.39 is 5.97 Å². The number of anilines is 1. The largest absolute Gasteiger partial charge is 0.478 e. The number of fused-ring (bicyclic) bond motifs is 1. The van der Waals surface area contributed by atoms with Crippen molar-refractivity contribution >= 4 is 28.9 Å². The van der Waals surface area contributed by atoms with E-state index in [0.29, 0.717) is 24.3 Å². The van der Waals surface area contributed by atoms with Crippen LogP contribution in [0.2, 0.25) is 0 Å². The molecule has 0 atom stereocenters. The topological polar surface area (TPSA) is 97.1 Å². The second kappa shape index (κ2) is 10.3. The second-order valence-electron chi connectivity index (χ2n) is 8.25. The molecule has 4 aromatic rings. The molecule has 0 aliphatic rings. The first kappa shape index (κ1) is 23.2. The Morgan fingerprint density at radius 3 is 2.41 bits per heavy atom. The lowest BCUT2D eigenvalue weighted by Gasteiger charge is -2.11. The highest BCUT2D eigenvalue weighted by Gasteiger charge is 2.15. The molecule has 1 amide bonds. The van der Waals surface area contributed by atoms with E-state index in [1.807, 2.05) is 49.4 Å². The minimum absolute atomic E-state index is 0.0496. The van der Waals surface area contributed by atoms with E-state index in [1.165, 1.54) is 0 Å². The molecule has 174 valence electrons. The number of carboxylic acid groups (broad SMARTS) is 1. The van der Waals surface area contributed by atoms with Gasteiger partial charge in [0, 0.05) is 12.8 Å². The van der Waals surface area contributed by atoms with Gasteiger partial charge in [0.25, 0.3) is 0 Å². The van der Waals surface area contributed by atoms with Crippen molar-refractivity contribution in [3.05, 3.63) is 77.6 Å². The Balaban J connectivity index is 1.66. The Hall–Kier alpha value is -4.00. The van der Waals surface area contributed by atoms with Crippen LogP contribution in [-0.2, 0) is 17.8 Å². The number of carbonyl (C=O) groups excluding carboxylic acids is 1. The maximum absolute atomic E-state index is 12.0. The summed E-state index contributed by atoms with van der Waals surface area (Å²) >= 11 is 0. The molecule has 2 aromatic heterocycles. The molecular formula is C27H28N4O3. The third-order valence-corrected chi connectivity index (χ3v) is 5.65. The summed E-state index contributed by atoms with van der Waals surface area (Å²) in [5.74, 6) is 0.478. The zero-order valence-electron chi connectivity index (χ0n) is 19.4. The second-order valence-corrected chi connectivity index (χ2v) is 8.25. The highest BCUT2D eigenvalue weighted by molar-refractivity contribution is 5.96. The first-order valence-electron chi connectivity index (χ1n) is 11.6. The fraction of sp³-hybridized carbons (Fsp3) is 0.259. The van der Waals surface area contributed by atoms with Crippen LogP contribution in [0.3, 0.4) is 0 Å². The molecule has 34 heavy (non-hydrogen) atoms. The molecule has 0 bridgehead atoms. The zero-order valence-corrected chi connectivity index (χ0v) is 19.4. The summed E-state index contributed by atoms with van der Waals surface area (Å²) in [6.45, 7) is 4.65. The summed E-state index contributed by atoms with van der Waals surface area (Å²) < 4.78 is 2.09. The highest BCUT2D eigenvalue weighted by atomic mass is 16.4. The van der Waals surface area contributed by atoms with Gasteiger partial charge in [0.05, 0.1) is 12.1 Å². The number of hydrogen-bond donors (Lipinski definition) is 2. The molecule has 2 N–H and O–H groups in total. The van der Waals surface area contributed by atoms with Crippen LogP contribution < -0.4 is 5.32 Å². The lowest BCUT2D eigenvalue weighted by atomic mass is 9.99. The molecule has 0 radical (unpaired) electrons. The monoisotopic (exact) mass is 456 g/mol. The molecule has 0 saturated carbocycles. The molecule has 0 unspecified atom stereocenters. The number of benzene rings is 2. The molecule has 0 aliphatic heterocycles. The number of imidazole rings is 1. The number of carboxylic acids is 1. The Bertz CT molecular complexity index is 1330. The predicted octanol–water partition coefficient (Wildman–Crippen LogP) is 5.54. The molecule has 2 heterocycles. The highest BCUT2D eigenvalue weighted by Crippen LogP contribution is 2.25. The average molecular weight is 457 g/mol. The van der Waals surface area contributed by atoms with E-state index in [4.69, 9.17) is 9.97 Å². The third kappa shape index (κ3) is 4.98. The van der Waals surface area contributed by atoms with Gasteiger partial charge in [-0.3, -0.25) is 4.79 Å². The number of aromatic nitrogens is 3. The SMILES string of the molecule is CCCC(=O)Nc1ccc2nc(CCC)n(Cc3ccc(-c4ccccc4C(=O)O)cc3)c2n1. The van der Waals surface area contributed by atoms with Gasteiger partial charge in [-0.05, 0) is 47.7 Å². The van der Waals surface area contributed by atoms with Crippen LogP contribution >= 0.6 is 0 Å². The number of amides is 1. The number of aryl methyl sites for hydroxylation is 1. The number of nitrogens with zero attached hydrogens (tertiary/aromatic N) is 3. The van der Waals surface area contributed by atoms with Crippen LogP contribution in [0.15, 0.2) is 60.7 Å². The van der Waals surface area contributed by atoms with Crippen molar-refractivity contribution in [3.63, 3.8) is 0 Å². The van der Waals surface area contributed by atoms with Gasteiger partial charge < -0.3 is 15.0 Å². The van der Waals surface area contributed by atoms with Gasteiger partial charge in [-0.1, -0.05) is 56.3 Å². The van der Waals surface area contributed by atoms with E-state index in [9.17, 15) is 14.7 Å². The van der Waals surface area contributed by atoms with Crippen LogP contribution in [0.4, 0.5) is 5.82 Å². The molecule has 0 saturated heterocycles. The van der Waals surface area contributed by atoms with E-state index in [0.717, 1.165) is 47.4 Å². The Morgan fingerprint density at radius 1 is 0.941 bits per heavy atom. The van der Waals surface area contributed by atoms with Gasteiger partial charge in [0.1, 0.15) is 17.2 Å². The lowest BCUT2D eigenvalue weighted by Crippen LogP contribution is -2.12. The van der Waals surface area contributed by atoms with E-state index in [2.05, 4.69) is 16.8 Å². The van der Waals surface area contributed by atoms with Gasteiger partial charge >= 0.3 is 5.97 Å². The summed E-state index contributed by atoms with van der Waals surface area (Å²) in [5, 5.41) is 12.4. The quantitative estimate of drug-likeness (QED) is 0.345. The zero-order chi connectivity index (χ0) is 24.1. The molecule has 7 heteroatoms. The van der Waals surface area contributed by atoms with Gasteiger partial charge in [-0.25, -0.2) is 14.8 Å². The Kier molecular flexibility index (Phi) is 7.01. The molecule has 0 aliphatic carbocycles. The molecule has 0 spiro atoms. The number of rotatable bonds is 9. The maximum atomic E-state index is 12.0. The van der Waals surface area contributed by atoms with Crippen LogP contribution in [-0.4, -0.2) is 31.5 Å². The van der Waals surface area contributed by atoms with Crippen LogP contribution in [0, 0.1) is 0 Å². The molecular weight excluding hydrogens is 428 g/mol. The predicted molar refractivity (Wildman–Crippen MR) is 133 cm³/mol. The van der Waals surface area contributed by atoms with Crippen molar-refractivity contribution in [2.24, 2.45) is 0 Å². The molecule has 0 fully saturated rings. The minimum Gasteiger partial charge on any atom is -0.478 e. The standard InChI is InChI=1S/C27H28N4O3/c1-3-7-24-28-22-15-16-23(29-25(32)8-4-2)30-26(22)31(24)17-18-11-13-19(14-12-18)20-9-5-6-10-21(20)27(33)34/h5-6,9-16H,3-4,7-8,17H2,1-2H3,(H,33,34)(H,29,30,32). The third-order valence-electron chi connectivity index (χ3n) is 5.65. The molecule has 2 aromatic carbocycles. The Morgan fingerprint density at radius 2 is 1.71 bits per heavy atom. The number of pyridine rings is 1. The molecule has 4 rings (SSSR count). The lowest BCUT2D eigenvalue weighted by molar-refractivity contribution is -0.116. The summed E-state index contributed by atoms with van der Waals surface area (Å²) in [7, 11) is 0. The van der Waals surface area contributed by atoms with E-state index in [1.54, 1.807) is 18.2 Å². The van der Waals surface area contributed by atoms with E-state index >= 15 is 0 Å². The maximum Gasteiger partial charge on any atom is 0.336 e. The first-order chi connectivity index (χ1) is 16.5. The summed E-state index contributed by atoms with van der Waals surface area (Å²) in [4.78, 5) is 33.1. The van der Waals surface area contributed by atoms with Crippen molar-refractivity contribution in [2.45, 2.75) is 46.1 Å². The number of hydrogen-bond acceptors (Lipinski definition) is 4. The summed E-state index contributed by atoms with van der Waals surface area (Å²) in [6.07, 6.45) is 3.00. The number of nitrogens with one attached hydrogen (secondary N) is 1. The van der Waals surface area contributed by atoms with Crippen LogP contribution in [0.25, 0.3) is 22.3 Å². The van der Waals surface area contributed by atoms with Crippen molar-refractivity contribution in [1.82, 2.24) is 14.5 Å². The summed E-state index contributed by atoms with van der Waals surface area (Å²) in [6, 6.07) is 18.6. The van der Waals surface area contributed by atoms with Gasteiger partial charge in [-0.15, -0.1) is 0 Å². The average Bonchev–Trinajstić information content (AvgIpc) is 3.16. The van der Waals surface area contributed by atoms with Gasteiger partial charge in [0.15, 0.2) is 5.65 Å². The minimum atomic E-state index is -0.943. The van der Waals surface area contributed by atoms with Crippen LogP contribution in [0.1, 0.15) is 54.9 Å². The van der Waals surface area contributed by atoms with E-state index in [-0.39, 0.29) is 11.5 Å². The summed E-state index contributed by atoms with van der Waals surface area (Å²) in [5.41, 5.74) is 4.40. The van der Waals surface area contributed by atoms with Crippen molar-refractivity contribution in [1.29, 1.82) is 0 Å². The van der Waals surface area contributed by atoms with Crippen molar-refractivity contribution in [2.75, 3.05) is 5.32 Å². The Labute approximate surface area is 198 Å². The van der Waals surface area contributed by atoms with Crippen molar-refractivity contribution < 1.29 is 14.7 Å². The number of aromatic carboxylic acids is 1. The smallest absolute Gasteiger partial charge is 0.336 e. The first-order valence-corrected chi connectivity index (χ1v) is 11.6.